The number of rotatable bonds is 6. The minimum Gasteiger partial charge on any atom is -0.494 e. The zero-order valence-corrected chi connectivity index (χ0v) is 15.9. The molecule has 0 spiro atoms. The molecule has 0 unspecified atom stereocenters. The highest BCUT2D eigenvalue weighted by Crippen LogP contribution is 2.24. The molecule has 0 saturated heterocycles. The number of aromatic nitrogens is 5. The number of nitrogens with one attached hydrogen (secondary N) is 1. The Bertz CT molecular complexity index is 1090. The summed E-state index contributed by atoms with van der Waals surface area (Å²) in [7, 11) is 0. The first-order valence-electron chi connectivity index (χ1n) is 8.50. The van der Waals surface area contributed by atoms with E-state index in [4.69, 9.17) is 9.15 Å². The molecule has 1 amide bonds. The molecule has 0 bridgehead atoms. The average molecular weight is 396 g/mol. The van der Waals surface area contributed by atoms with Crippen LogP contribution in [0.5, 0.6) is 5.75 Å². The predicted molar refractivity (Wildman–Crippen MR) is 103 cm³/mol. The Morgan fingerprint density at radius 3 is 2.82 bits per heavy atom. The highest BCUT2D eigenvalue weighted by molar-refractivity contribution is 7.10. The van der Waals surface area contributed by atoms with E-state index in [-0.39, 0.29) is 11.7 Å². The van der Waals surface area contributed by atoms with Crippen LogP contribution in [0.25, 0.3) is 17.2 Å². The Labute approximate surface area is 164 Å². The molecule has 1 aromatic carbocycles. The number of hydrogen-bond donors (Lipinski definition) is 1. The monoisotopic (exact) mass is 396 g/mol. The molecule has 3 heterocycles. The van der Waals surface area contributed by atoms with Crippen LogP contribution in [0.4, 0.5) is 5.13 Å². The molecule has 0 aliphatic heterocycles. The Balaban J connectivity index is 1.54. The number of hydrogen-bond acceptors (Lipinski definition) is 8. The highest BCUT2D eigenvalue weighted by atomic mass is 32.1. The van der Waals surface area contributed by atoms with Crippen molar-refractivity contribution < 1.29 is 13.9 Å². The van der Waals surface area contributed by atoms with Gasteiger partial charge < -0.3 is 9.15 Å². The fourth-order valence-corrected chi connectivity index (χ4v) is 3.13. The maximum absolute atomic E-state index is 12.0. The lowest BCUT2D eigenvalue weighted by molar-refractivity contribution is 0.0996. The van der Waals surface area contributed by atoms with Gasteiger partial charge in [-0.1, -0.05) is 5.21 Å². The molecule has 10 heteroatoms. The van der Waals surface area contributed by atoms with Crippen molar-refractivity contribution in [1.29, 1.82) is 0 Å². The number of anilines is 1. The number of nitrogens with zero attached hydrogens (tertiary/aromatic N) is 5. The van der Waals surface area contributed by atoms with Gasteiger partial charge in [-0.15, -0.1) is 5.10 Å². The normalized spacial score (nSPS) is 10.8. The van der Waals surface area contributed by atoms with Crippen molar-refractivity contribution in [2.75, 3.05) is 11.9 Å². The van der Waals surface area contributed by atoms with Crippen LogP contribution in [0.1, 0.15) is 23.2 Å². The topological polar surface area (TPSA) is 108 Å². The Morgan fingerprint density at radius 1 is 1.29 bits per heavy atom. The molecule has 4 aromatic rings. The third-order valence-corrected chi connectivity index (χ3v) is 4.52. The number of benzene rings is 1. The van der Waals surface area contributed by atoms with Crippen molar-refractivity contribution in [2.24, 2.45) is 0 Å². The fourth-order valence-electron chi connectivity index (χ4n) is 2.57. The summed E-state index contributed by atoms with van der Waals surface area (Å²) in [5, 5.41) is 11.4. The SMILES string of the molecule is CCOc1ccc(-n2nnc(-c3nsc(NC(=O)c4ccco4)n3)c2C)cc1. The van der Waals surface area contributed by atoms with E-state index in [1.165, 1.54) is 6.26 Å². The summed E-state index contributed by atoms with van der Waals surface area (Å²) < 4.78 is 16.5. The van der Waals surface area contributed by atoms with Gasteiger partial charge in [-0.2, -0.15) is 9.36 Å². The molecule has 142 valence electrons. The van der Waals surface area contributed by atoms with Crippen LogP contribution in [-0.2, 0) is 0 Å². The molecular weight excluding hydrogens is 380 g/mol. The minimum absolute atomic E-state index is 0.203. The lowest BCUT2D eigenvalue weighted by Crippen LogP contribution is -2.10. The molecule has 28 heavy (non-hydrogen) atoms. The second-order valence-electron chi connectivity index (χ2n) is 5.72. The van der Waals surface area contributed by atoms with E-state index < -0.39 is 0 Å². The lowest BCUT2D eigenvalue weighted by atomic mass is 10.2. The summed E-state index contributed by atoms with van der Waals surface area (Å²) in [6.45, 7) is 4.43. The van der Waals surface area contributed by atoms with Gasteiger partial charge in [0, 0.05) is 11.5 Å². The van der Waals surface area contributed by atoms with E-state index in [1.54, 1.807) is 16.8 Å². The molecule has 0 saturated carbocycles. The number of amides is 1. The molecule has 9 nitrogen and oxygen atoms in total. The molecule has 0 atom stereocenters. The van der Waals surface area contributed by atoms with Gasteiger partial charge in [0.25, 0.3) is 5.91 Å². The standard InChI is InChI=1S/C18H16N6O3S/c1-3-26-13-8-6-12(7-9-13)24-11(2)15(21-23-24)16-19-18(28-22-16)20-17(25)14-5-4-10-27-14/h4-10H,3H2,1-2H3,(H,19,20,22,25). The summed E-state index contributed by atoms with van der Waals surface area (Å²) in [4.78, 5) is 16.4. The van der Waals surface area contributed by atoms with Crippen molar-refractivity contribution >= 4 is 22.6 Å². The Hall–Kier alpha value is -3.53. The first kappa shape index (κ1) is 17.9. The molecule has 0 aliphatic rings. The molecule has 0 fully saturated rings. The van der Waals surface area contributed by atoms with Crippen molar-refractivity contribution in [1.82, 2.24) is 24.4 Å². The van der Waals surface area contributed by atoms with Crippen molar-refractivity contribution in [3.63, 3.8) is 0 Å². The fraction of sp³-hybridized carbons (Fsp3) is 0.167. The van der Waals surface area contributed by atoms with Crippen LogP contribution in [0.2, 0.25) is 0 Å². The number of carbonyl (C=O) groups excluding carboxylic acids is 1. The van der Waals surface area contributed by atoms with Gasteiger partial charge >= 0.3 is 0 Å². The largest absolute Gasteiger partial charge is 0.494 e. The zero-order valence-electron chi connectivity index (χ0n) is 15.1. The van der Waals surface area contributed by atoms with Crippen molar-refractivity contribution in [3.05, 3.63) is 54.1 Å². The average Bonchev–Trinajstić information content (AvgIpc) is 3.44. The Morgan fingerprint density at radius 2 is 2.11 bits per heavy atom. The first-order valence-corrected chi connectivity index (χ1v) is 9.27. The van der Waals surface area contributed by atoms with Gasteiger partial charge in [0.2, 0.25) is 5.13 Å². The molecule has 3 aromatic heterocycles. The van der Waals surface area contributed by atoms with Crippen molar-refractivity contribution in [2.45, 2.75) is 13.8 Å². The van der Waals surface area contributed by atoms with Crippen LogP contribution >= 0.6 is 11.5 Å². The van der Waals surface area contributed by atoms with Crippen molar-refractivity contribution in [3.8, 4) is 23.0 Å². The van der Waals surface area contributed by atoms with Gasteiger partial charge in [0.1, 0.15) is 5.75 Å². The van der Waals surface area contributed by atoms with E-state index >= 15 is 0 Å². The first-order chi connectivity index (χ1) is 13.7. The molecule has 4 rings (SSSR count). The van der Waals surface area contributed by atoms with E-state index in [1.807, 2.05) is 38.1 Å². The smallest absolute Gasteiger partial charge is 0.293 e. The maximum atomic E-state index is 12.0. The second-order valence-corrected chi connectivity index (χ2v) is 6.47. The predicted octanol–water partition coefficient (Wildman–Crippen LogP) is 3.34. The summed E-state index contributed by atoms with van der Waals surface area (Å²) in [6, 6.07) is 10.8. The highest BCUT2D eigenvalue weighted by Gasteiger charge is 2.18. The van der Waals surface area contributed by atoms with Crippen LogP contribution in [-0.4, -0.2) is 36.9 Å². The summed E-state index contributed by atoms with van der Waals surface area (Å²) in [5.41, 5.74) is 2.18. The Kier molecular flexibility index (Phi) is 4.85. The summed E-state index contributed by atoms with van der Waals surface area (Å²) >= 11 is 1.06. The van der Waals surface area contributed by atoms with E-state index in [0.717, 1.165) is 28.7 Å². The third-order valence-electron chi connectivity index (χ3n) is 3.89. The van der Waals surface area contributed by atoms with Crippen LogP contribution in [0, 0.1) is 6.92 Å². The summed E-state index contributed by atoms with van der Waals surface area (Å²) in [6.07, 6.45) is 1.43. The maximum Gasteiger partial charge on any atom is 0.293 e. The molecule has 0 aliphatic carbocycles. The molecular formula is C18H16N6O3S. The van der Waals surface area contributed by atoms with E-state index in [9.17, 15) is 4.79 Å². The van der Waals surface area contributed by atoms with Gasteiger partial charge in [-0.05, 0) is 50.2 Å². The van der Waals surface area contributed by atoms with Gasteiger partial charge in [0.15, 0.2) is 17.3 Å². The zero-order chi connectivity index (χ0) is 19.5. The number of furan rings is 1. The van der Waals surface area contributed by atoms with Crippen LogP contribution in [0.15, 0.2) is 47.1 Å². The number of ether oxygens (including phenoxy) is 1. The molecule has 1 N–H and O–H groups in total. The lowest BCUT2D eigenvalue weighted by Gasteiger charge is -2.06. The van der Waals surface area contributed by atoms with Gasteiger partial charge in [-0.25, -0.2) is 4.68 Å². The van der Waals surface area contributed by atoms with E-state index in [0.29, 0.717) is 23.3 Å². The quantitative estimate of drug-likeness (QED) is 0.532. The molecule has 0 radical (unpaired) electrons. The van der Waals surface area contributed by atoms with Crippen LogP contribution < -0.4 is 10.1 Å². The number of carbonyl (C=O) groups is 1. The van der Waals surface area contributed by atoms with Crippen LogP contribution in [0.3, 0.4) is 0 Å². The van der Waals surface area contributed by atoms with Gasteiger partial charge in [0.05, 0.1) is 24.3 Å². The summed E-state index contributed by atoms with van der Waals surface area (Å²) in [5.74, 6) is 1.01. The third kappa shape index (κ3) is 3.49. The second kappa shape index (κ2) is 7.61. The van der Waals surface area contributed by atoms with E-state index in [2.05, 4.69) is 25.0 Å². The van der Waals surface area contributed by atoms with Gasteiger partial charge in [-0.3, -0.25) is 10.1 Å². The minimum atomic E-state index is -0.387.